The third kappa shape index (κ3) is 2.52. The van der Waals surface area contributed by atoms with Crippen molar-refractivity contribution in [2.75, 3.05) is 5.33 Å². The highest BCUT2D eigenvalue weighted by Gasteiger charge is 1.88. The molecule has 0 spiro atoms. The maximum Gasteiger partial charge on any atom is 0.150 e. The molecule has 60 valence electrons. The second-order valence-corrected chi connectivity index (χ2v) is 2.74. The fraction of sp³-hybridized carbons (Fsp3) is 0.100. The lowest BCUT2D eigenvalue weighted by atomic mass is 10.1. The molecule has 0 aliphatic rings. The van der Waals surface area contributed by atoms with Gasteiger partial charge >= 0.3 is 0 Å². The Kier molecular flexibility index (Phi) is 3.56. The van der Waals surface area contributed by atoms with Crippen molar-refractivity contribution in [1.29, 1.82) is 0 Å². The van der Waals surface area contributed by atoms with Gasteiger partial charge in [0.15, 0.2) is 0 Å². The molecule has 0 saturated carbocycles. The largest absolute Gasteiger partial charge is 0.298 e. The molecule has 0 unspecified atom stereocenters. The third-order valence-electron chi connectivity index (χ3n) is 1.35. The Hall–Kier alpha value is -1.07. The van der Waals surface area contributed by atoms with Crippen LogP contribution in [-0.4, -0.2) is 11.6 Å². The van der Waals surface area contributed by atoms with Gasteiger partial charge in [0, 0.05) is 11.1 Å². The normalized spacial score (nSPS) is 8.42. The Morgan fingerprint density at radius 2 is 2.00 bits per heavy atom. The Balaban J connectivity index is 2.84. The van der Waals surface area contributed by atoms with E-state index in [4.69, 9.17) is 0 Å². The first-order valence-corrected chi connectivity index (χ1v) is 4.59. The second-order valence-electron chi connectivity index (χ2n) is 2.18. The van der Waals surface area contributed by atoms with E-state index in [2.05, 4.69) is 27.8 Å². The molecule has 1 aromatic carbocycles. The number of carbonyl (C=O) groups is 1. The highest BCUT2D eigenvalue weighted by molar-refractivity contribution is 9.09. The lowest BCUT2D eigenvalue weighted by molar-refractivity contribution is 0.112. The van der Waals surface area contributed by atoms with Crippen molar-refractivity contribution in [3.05, 3.63) is 35.4 Å². The first-order chi connectivity index (χ1) is 5.86. The van der Waals surface area contributed by atoms with Gasteiger partial charge in [-0.05, 0) is 12.1 Å². The molecule has 0 N–H and O–H groups in total. The van der Waals surface area contributed by atoms with Crippen molar-refractivity contribution in [3.63, 3.8) is 0 Å². The average molecular weight is 223 g/mol. The van der Waals surface area contributed by atoms with Crippen LogP contribution in [0.2, 0.25) is 0 Å². The van der Waals surface area contributed by atoms with E-state index in [1.54, 1.807) is 12.1 Å². The number of alkyl halides is 1. The van der Waals surface area contributed by atoms with Crippen LogP contribution < -0.4 is 0 Å². The Morgan fingerprint density at radius 1 is 1.33 bits per heavy atom. The summed E-state index contributed by atoms with van der Waals surface area (Å²) in [4.78, 5) is 10.3. The molecule has 0 aliphatic carbocycles. The molecule has 2 heteroatoms. The van der Waals surface area contributed by atoms with Crippen molar-refractivity contribution in [3.8, 4) is 11.8 Å². The summed E-state index contributed by atoms with van der Waals surface area (Å²) < 4.78 is 0. The van der Waals surface area contributed by atoms with Crippen LogP contribution in [0.5, 0.6) is 0 Å². The maximum absolute atomic E-state index is 10.3. The monoisotopic (exact) mass is 222 g/mol. The first-order valence-electron chi connectivity index (χ1n) is 3.47. The smallest absolute Gasteiger partial charge is 0.150 e. The highest BCUT2D eigenvalue weighted by Crippen LogP contribution is 2.00. The molecule has 0 atom stereocenters. The molecular weight excluding hydrogens is 216 g/mol. The predicted molar refractivity (Wildman–Crippen MR) is 52.5 cm³/mol. The van der Waals surface area contributed by atoms with Crippen molar-refractivity contribution >= 4 is 22.2 Å². The minimum atomic E-state index is 0.669. The van der Waals surface area contributed by atoms with Crippen molar-refractivity contribution in [2.45, 2.75) is 0 Å². The molecule has 1 rings (SSSR count). The van der Waals surface area contributed by atoms with Crippen LogP contribution in [0.1, 0.15) is 15.9 Å². The fourth-order valence-corrected chi connectivity index (χ4v) is 0.921. The number of carbonyl (C=O) groups excluding carboxylic acids is 1. The van der Waals surface area contributed by atoms with Gasteiger partial charge in [-0.25, -0.2) is 0 Å². The highest BCUT2D eigenvalue weighted by atomic mass is 79.9. The summed E-state index contributed by atoms with van der Waals surface area (Å²) in [6.07, 6.45) is 0.821. The van der Waals surface area contributed by atoms with E-state index in [0.717, 1.165) is 11.8 Å². The van der Waals surface area contributed by atoms with Crippen LogP contribution in [0, 0.1) is 11.8 Å². The van der Waals surface area contributed by atoms with Crippen LogP contribution in [0.25, 0.3) is 0 Å². The van der Waals surface area contributed by atoms with E-state index >= 15 is 0 Å². The Bertz CT molecular complexity index is 316. The predicted octanol–water partition coefficient (Wildman–Crippen LogP) is 2.25. The van der Waals surface area contributed by atoms with Gasteiger partial charge in [0.1, 0.15) is 6.29 Å². The van der Waals surface area contributed by atoms with Gasteiger partial charge in [-0.15, -0.1) is 0 Å². The molecule has 0 aromatic heterocycles. The molecule has 1 aromatic rings. The number of hydrogen-bond acceptors (Lipinski definition) is 1. The molecule has 0 aliphatic heterocycles. The van der Waals surface area contributed by atoms with E-state index in [0.29, 0.717) is 10.9 Å². The SMILES string of the molecule is O=Cc1ccc(C#CCBr)cc1. The summed E-state index contributed by atoms with van der Waals surface area (Å²) in [5, 5.41) is 0.669. The first kappa shape index (κ1) is 9.02. The molecule has 0 fully saturated rings. The Morgan fingerprint density at radius 3 is 2.50 bits per heavy atom. The molecular formula is C10H7BrO. The summed E-state index contributed by atoms with van der Waals surface area (Å²) >= 11 is 3.21. The molecule has 0 radical (unpaired) electrons. The van der Waals surface area contributed by atoms with E-state index in [1.807, 2.05) is 12.1 Å². The lowest BCUT2D eigenvalue weighted by Crippen LogP contribution is -1.79. The standard InChI is InChI=1S/C10H7BrO/c11-7-1-2-9-3-5-10(8-12)6-4-9/h3-6,8H,7H2. The number of hydrogen-bond donors (Lipinski definition) is 0. The third-order valence-corrected chi connectivity index (χ3v) is 1.63. The molecule has 0 bridgehead atoms. The fourth-order valence-electron chi connectivity index (χ4n) is 0.780. The molecule has 0 saturated heterocycles. The van der Waals surface area contributed by atoms with Crippen LogP contribution in [0.4, 0.5) is 0 Å². The summed E-state index contributed by atoms with van der Waals surface area (Å²) in [7, 11) is 0. The second kappa shape index (κ2) is 4.74. The van der Waals surface area contributed by atoms with Crippen LogP contribution in [0.3, 0.4) is 0 Å². The minimum absolute atomic E-state index is 0.669. The molecule has 12 heavy (non-hydrogen) atoms. The van der Waals surface area contributed by atoms with Crippen LogP contribution in [0.15, 0.2) is 24.3 Å². The molecule has 0 amide bonds. The van der Waals surface area contributed by atoms with Crippen molar-refractivity contribution in [1.82, 2.24) is 0 Å². The average Bonchev–Trinajstić information content (AvgIpc) is 2.15. The Labute approximate surface area is 79.9 Å². The van der Waals surface area contributed by atoms with E-state index in [1.165, 1.54) is 0 Å². The zero-order valence-electron chi connectivity index (χ0n) is 6.38. The number of rotatable bonds is 1. The summed E-state index contributed by atoms with van der Waals surface area (Å²) in [5.41, 5.74) is 1.61. The van der Waals surface area contributed by atoms with Gasteiger partial charge < -0.3 is 0 Å². The van der Waals surface area contributed by atoms with Crippen LogP contribution in [-0.2, 0) is 0 Å². The topological polar surface area (TPSA) is 17.1 Å². The van der Waals surface area contributed by atoms with Gasteiger partial charge in [-0.2, -0.15) is 0 Å². The summed E-state index contributed by atoms with van der Waals surface area (Å²) in [6, 6.07) is 7.18. The van der Waals surface area contributed by atoms with E-state index in [9.17, 15) is 4.79 Å². The zero-order chi connectivity index (χ0) is 8.81. The minimum Gasteiger partial charge on any atom is -0.298 e. The molecule has 1 nitrogen and oxygen atoms in total. The maximum atomic E-state index is 10.3. The van der Waals surface area contributed by atoms with Gasteiger partial charge in [0.25, 0.3) is 0 Å². The van der Waals surface area contributed by atoms with E-state index in [-0.39, 0.29) is 0 Å². The summed E-state index contributed by atoms with van der Waals surface area (Å²) in [5.74, 6) is 5.81. The lowest BCUT2D eigenvalue weighted by Gasteiger charge is -1.89. The van der Waals surface area contributed by atoms with Gasteiger partial charge in [0.2, 0.25) is 0 Å². The molecule has 0 heterocycles. The number of aldehydes is 1. The van der Waals surface area contributed by atoms with Crippen molar-refractivity contribution < 1.29 is 4.79 Å². The quantitative estimate of drug-likeness (QED) is 0.405. The van der Waals surface area contributed by atoms with Crippen LogP contribution >= 0.6 is 15.9 Å². The zero-order valence-corrected chi connectivity index (χ0v) is 7.97. The van der Waals surface area contributed by atoms with E-state index < -0.39 is 0 Å². The number of benzene rings is 1. The van der Waals surface area contributed by atoms with Crippen molar-refractivity contribution in [2.24, 2.45) is 0 Å². The van der Waals surface area contributed by atoms with Gasteiger partial charge in [0.05, 0.1) is 5.33 Å². The van der Waals surface area contributed by atoms with Gasteiger partial charge in [-0.3, -0.25) is 4.79 Å². The summed E-state index contributed by atoms with van der Waals surface area (Å²) in [6.45, 7) is 0. The van der Waals surface area contributed by atoms with Gasteiger partial charge in [-0.1, -0.05) is 39.9 Å². The number of halogens is 1.